The van der Waals surface area contributed by atoms with E-state index in [1.807, 2.05) is 0 Å². The van der Waals surface area contributed by atoms with Gasteiger partial charge in [-0.2, -0.15) is 0 Å². The summed E-state index contributed by atoms with van der Waals surface area (Å²) in [6.45, 7) is 7.83. The second-order valence-corrected chi connectivity index (χ2v) is 8.06. The lowest BCUT2D eigenvalue weighted by atomic mass is 9.72. The van der Waals surface area contributed by atoms with Crippen molar-refractivity contribution in [2.45, 2.75) is 70.4 Å². The molecular formula is C19H30N2. The first-order chi connectivity index (χ1) is 9.96. The van der Waals surface area contributed by atoms with Gasteiger partial charge in [-0.05, 0) is 54.6 Å². The number of hydrogen-bond donors (Lipinski definition) is 2. The van der Waals surface area contributed by atoms with Crippen LogP contribution in [0.25, 0.3) is 0 Å². The van der Waals surface area contributed by atoms with E-state index in [1.165, 1.54) is 43.2 Å². The van der Waals surface area contributed by atoms with Gasteiger partial charge in [-0.3, -0.25) is 0 Å². The van der Waals surface area contributed by atoms with Crippen LogP contribution < -0.4 is 11.1 Å². The zero-order valence-electron chi connectivity index (χ0n) is 13.8. The first-order valence-electron chi connectivity index (χ1n) is 8.53. The molecular weight excluding hydrogens is 256 g/mol. The highest BCUT2D eigenvalue weighted by Crippen LogP contribution is 2.44. The van der Waals surface area contributed by atoms with Gasteiger partial charge in [0, 0.05) is 12.6 Å². The largest absolute Gasteiger partial charge is 0.328 e. The van der Waals surface area contributed by atoms with Gasteiger partial charge < -0.3 is 11.1 Å². The second kappa shape index (κ2) is 5.40. The first kappa shape index (κ1) is 15.1. The minimum absolute atomic E-state index is 0.00576. The molecule has 3 N–H and O–H groups in total. The molecule has 3 rings (SSSR count). The molecule has 2 aliphatic rings. The lowest BCUT2D eigenvalue weighted by Gasteiger charge is -2.43. The van der Waals surface area contributed by atoms with Gasteiger partial charge in [-0.25, -0.2) is 0 Å². The molecule has 0 heterocycles. The fraction of sp³-hybridized carbons (Fsp3) is 0.684. The highest BCUT2D eigenvalue weighted by molar-refractivity contribution is 5.39. The lowest BCUT2D eigenvalue weighted by molar-refractivity contribution is 0.239. The molecule has 3 atom stereocenters. The molecule has 0 saturated heterocycles. The van der Waals surface area contributed by atoms with Gasteiger partial charge in [-0.15, -0.1) is 0 Å². The van der Waals surface area contributed by atoms with Gasteiger partial charge >= 0.3 is 0 Å². The van der Waals surface area contributed by atoms with Crippen molar-refractivity contribution in [3.05, 3.63) is 35.4 Å². The Morgan fingerprint density at radius 3 is 2.62 bits per heavy atom. The van der Waals surface area contributed by atoms with Gasteiger partial charge in [0.25, 0.3) is 0 Å². The van der Waals surface area contributed by atoms with Gasteiger partial charge in [0.1, 0.15) is 0 Å². The van der Waals surface area contributed by atoms with E-state index in [-0.39, 0.29) is 5.54 Å². The van der Waals surface area contributed by atoms with Crippen molar-refractivity contribution in [2.75, 3.05) is 6.54 Å². The van der Waals surface area contributed by atoms with Crippen LogP contribution in [-0.4, -0.2) is 12.6 Å². The summed E-state index contributed by atoms with van der Waals surface area (Å²) in [5.41, 5.74) is 9.71. The Morgan fingerprint density at radius 2 is 1.95 bits per heavy atom. The van der Waals surface area contributed by atoms with Gasteiger partial charge in [0.2, 0.25) is 0 Å². The average Bonchev–Trinajstić information content (AvgIpc) is 2.81. The summed E-state index contributed by atoms with van der Waals surface area (Å²) < 4.78 is 0. The van der Waals surface area contributed by atoms with E-state index >= 15 is 0 Å². The maximum Gasteiger partial charge on any atom is 0.0563 e. The summed E-state index contributed by atoms with van der Waals surface area (Å²) in [5, 5.41) is 3.99. The Morgan fingerprint density at radius 1 is 1.19 bits per heavy atom. The van der Waals surface area contributed by atoms with Crippen LogP contribution >= 0.6 is 0 Å². The standard InChI is InChI=1S/C19H30N2/c1-14-8-11-19(13-20,17-7-5-4-6-16(14)17)21-15-9-10-18(2,3)12-15/h4-7,14-15,21H,8-13,20H2,1-3H3. The van der Waals surface area contributed by atoms with Crippen LogP contribution in [0.5, 0.6) is 0 Å². The molecule has 21 heavy (non-hydrogen) atoms. The minimum Gasteiger partial charge on any atom is -0.328 e. The topological polar surface area (TPSA) is 38.0 Å². The van der Waals surface area contributed by atoms with Crippen molar-refractivity contribution in [1.29, 1.82) is 0 Å². The number of hydrogen-bond acceptors (Lipinski definition) is 2. The summed E-state index contributed by atoms with van der Waals surface area (Å²) in [5.74, 6) is 0.655. The highest BCUT2D eigenvalue weighted by atomic mass is 15.0. The molecule has 0 amide bonds. The molecule has 1 fully saturated rings. The molecule has 1 saturated carbocycles. The van der Waals surface area contributed by atoms with E-state index in [4.69, 9.17) is 5.73 Å². The fourth-order valence-electron chi connectivity index (χ4n) is 4.49. The van der Waals surface area contributed by atoms with E-state index in [0.717, 1.165) is 0 Å². The van der Waals surface area contributed by atoms with Crippen molar-refractivity contribution in [1.82, 2.24) is 5.32 Å². The van der Waals surface area contributed by atoms with Crippen LogP contribution in [0, 0.1) is 5.41 Å². The van der Waals surface area contributed by atoms with Crippen molar-refractivity contribution in [3.8, 4) is 0 Å². The number of nitrogens with one attached hydrogen (secondary N) is 1. The van der Waals surface area contributed by atoms with E-state index in [9.17, 15) is 0 Å². The predicted octanol–water partition coefficient (Wildman–Crippen LogP) is 3.91. The monoisotopic (exact) mass is 286 g/mol. The Hall–Kier alpha value is -0.860. The van der Waals surface area contributed by atoms with E-state index in [2.05, 4.69) is 50.4 Å². The molecule has 116 valence electrons. The normalized spacial score (nSPS) is 34.7. The summed E-state index contributed by atoms with van der Waals surface area (Å²) >= 11 is 0. The van der Waals surface area contributed by atoms with Crippen molar-refractivity contribution < 1.29 is 0 Å². The SMILES string of the molecule is CC1CCC(CN)(NC2CCC(C)(C)C2)c2ccccc21. The van der Waals surface area contributed by atoms with Gasteiger partial charge in [-0.1, -0.05) is 45.0 Å². The molecule has 2 nitrogen and oxygen atoms in total. The quantitative estimate of drug-likeness (QED) is 0.884. The molecule has 2 aliphatic carbocycles. The Bertz CT molecular complexity index is 508. The van der Waals surface area contributed by atoms with E-state index in [0.29, 0.717) is 23.9 Å². The van der Waals surface area contributed by atoms with Crippen LogP contribution in [0.15, 0.2) is 24.3 Å². The fourth-order valence-corrected chi connectivity index (χ4v) is 4.49. The second-order valence-electron chi connectivity index (χ2n) is 8.06. The average molecular weight is 286 g/mol. The van der Waals surface area contributed by atoms with Crippen molar-refractivity contribution >= 4 is 0 Å². The highest BCUT2D eigenvalue weighted by Gasteiger charge is 2.41. The van der Waals surface area contributed by atoms with Crippen LogP contribution in [0.4, 0.5) is 0 Å². The zero-order valence-corrected chi connectivity index (χ0v) is 13.8. The number of rotatable bonds is 3. The zero-order chi connectivity index (χ0) is 15.1. The summed E-state index contributed by atoms with van der Waals surface area (Å²) in [7, 11) is 0. The Kier molecular flexibility index (Phi) is 3.87. The molecule has 0 aromatic heterocycles. The third-order valence-electron chi connectivity index (χ3n) is 5.81. The summed E-state index contributed by atoms with van der Waals surface area (Å²) in [4.78, 5) is 0. The number of benzene rings is 1. The molecule has 2 heteroatoms. The van der Waals surface area contributed by atoms with Crippen molar-refractivity contribution in [3.63, 3.8) is 0 Å². The van der Waals surface area contributed by atoms with Crippen LogP contribution in [0.2, 0.25) is 0 Å². The lowest BCUT2D eigenvalue weighted by Crippen LogP contribution is -2.54. The van der Waals surface area contributed by atoms with E-state index in [1.54, 1.807) is 0 Å². The smallest absolute Gasteiger partial charge is 0.0563 e. The van der Waals surface area contributed by atoms with Crippen molar-refractivity contribution in [2.24, 2.45) is 11.1 Å². The number of fused-ring (bicyclic) bond motifs is 1. The first-order valence-corrected chi connectivity index (χ1v) is 8.53. The molecule has 0 spiro atoms. The summed E-state index contributed by atoms with van der Waals surface area (Å²) in [6.07, 6.45) is 6.28. The minimum atomic E-state index is -0.00576. The maximum absolute atomic E-state index is 6.28. The molecule has 0 aliphatic heterocycles. The third-order valence-corrected chi connectivity index (χ3v) is 5.81. The number of nitrogens with two attached hydrogens (primary N) is 1. The molecule has 3 unspecified atom stereocenters. The van der Waals surface area contributed by atoms with Crippen LogP contribution in [0.1, 0.15) is 69.9 Å². The molecule has 0 radical (unpaired) electrons. The Labute approximate surface area is 129 Å². The van der Waals surface area contributed by atoms with Crippen LogP contribution in [-0.2, 0) is 5.54 Å². The molecule has 1 aromatic carbocycles. The maximum atomic E-state index is 6.28. The van der Waals surface area contributed by atoms with Gasteiger partial charge in [0.05, 0.1) is 5.54 Å². The molecule has 1 aromatic rings. The summed E-state index contributed by atoms with van der Waals surface area (Å²) in [6, 6.07) is 9.54. The predicted molar refractivity (Wildman–Crippen MR) is 89.4 cm³/mol. The third kappa shape index (κ3) is 2.76. The molecule has 0 bridgehead atoms. The van der Waals surface area contributed by atoms with Gasteiger partial charge in [0.15, 0.2) is 0 Å². The Balaban J connectivity index is 1.89. The van der Waals surface area contributed by atoms with Crippen LogP contribution in [0.3, 0.4) is 0 Å². The van der Waals surface area contributed by atoms with E-state index < -0.39 is 0 Å².